The zero-order valence-corrected chi connectivity index (χ0v) is 9.74. The lowest BCUT2D eigenvalue weighted by Crippen LogP contribution is -2.00. The van der Waals surface area contributed by atoms with E-state index < -0.39 is 0 Å². The summed E-state index contributed by atoms with van der Waals surface area (Å²) in [7, 11) is 0. The summed E-state index contributed by atoms with van der Waals surface area (Å²) in [4.78, 5) is 4.62. The third-order valence-corrected chi connectivity index (χ3v) is 2.87. The molecule has 0 unspecified atom stereocenters. The number of fused-ring (bicyclic) bond motifs is 1. The van der Waals surface area contributed by atoms with Gasteiger partial charge in [-0.05, 0) is 24.5 Å². The SMILES string of the molecule is CCCCc1cccc2ccc(CN)nc12. The van der Waals surface area contributed by atoms with E-state index in [2.05, 4.69) is 36.2 Å². The molecule has 16 heavy (non-hydrogen) atoms. The summed E-state index contributed by atoms with van der Waals surface area (Å²) < 4.78 is 0. The summed E-state index contributed by atoms with van der Waals surface area (Å²) in [6.45, 7) is 2.72. The van der Waals surface area contributed by atoms with Crippen molar-refractivity contribution in [2.45, 2.75) is 32.7 Å². The second-order valence-electron chi connectivity index (χ2n) is 4.10. The number of nitrogens with two attached hydrogens (primary N) is 1. The van der Waals surface area contributed by atoms with E-state index in [0.29, 0.717) is 6.54 Å². The minimum Gasteiger partial charge on any atom is -0.325 e. The van der Waals surface area contributed by atoms with Crippen molar-refractivity contribution in [3.63, 3.8) is 0 Å². The summed E-state index contributed by atoms with van der Waals surface area (Å²) in [5.74, 6) is 0. The lowest BCUT2D eigenvalue weighted by molar-refractivity contribution is 0.797. The highest BCUT2D eigenvalue weighted by Gasteiger charge is 2.02. The van der Waals surface area contributed by atoms with Gasteiger partial charge in [0, 0.05) is 11.9 Å². The van der Waals surface area contributed by atoms with Crippen LogP contribution in [0.15, 0.2) is 30.3 Å². The van der Waals surface area contributed by atoms with Gasteiger partial charge >= 0.3 is 0 Å². The second-order valence-corrected chi connectivity index (χ2v) is 4.10. The predicted octanol–water partition coefficient (Wildman–Crippen LogP) is 3.04. The minimum absolute atomic E-state index is 0.512. The molecule has 2 aromatic rings. The smallest absolute Gasteiger partial charge is 0.0737 e. The van der Waals surface area contributed by atoms with Crippen molar-refractivity contribution in [3.8, 4) is 0 Å². The molecule has 0 fully saturated rings. The Balaban J connectivity index is 2.46. The largest absolute Gasteiger partial charge is 0.325 e. The number of hydrogen-bond acceptors (Lipinski definition) is 2. The zero-order chi connectivity index (χ0) is 11.4. The highest BCUT2D eigenvalue weighted by molar-refractivity contribution is 5.81. The molecule has 2 nitrogen and oxygen atoms in total. The van der Waals surface area contributed by atoms with Crippen molar-refractivity contribution in [1.82, 2.24) is 4.98 Å². The summed E-state index contributed by atoms with van der Waals surface area (Å²) >= 11 is 0. The van der Waals surface area contributed by atoms with Crippen molar-refractivity contribution in [2.75, 3.05) is 0 Å². The summed E-state index contributed by atoms with van der Waals surface area (Å²) in [6, 6.07) is 10.5. The topological polar surface area (TPSA) is 38.9 Å². The number of unbranched alkanes of at least 4 members (excludes halogenated alkanes) is 1. The summed E-state index contributed by atoms with van der Waals surface area (Å²) in [5, 5.41) is 1.21. The molecule has 1 aromatic carbocycles. The Morgan fingerprint density at radius 1 is 1.19 bits per heavy atom. The van der Waals surface area contributed by atoms with Crippen LogP contribution in [-0.2, 0) is 13.0 Å². The van der Waals surface area contributed by atoms with Gasteiger partial charge in [-0.15, -0.1) is 0 Å². The van der Waals surface area contributed by atoms with Crippen LogP contribution in [0.2, 0.25) is 0 Å². The maximum absolute atomic E-state index is 5.63. The van der Waals surface area contributed by atoms with Gasteiger partial charge in [-0.2, -0.15) is 0 Å². The normalized spacial score (nSPS) is 10.9. The number of aromatic nitrogens is 1. The van der Waals surface area contributed by atoms with Gasteiger partial charge in [0.1, 0.15) is 0 Å². The molecular formula is C14H18N2. The molecule has 2 heteroatoms. The highest BCUT2D eigenvalue weighted by atomic mass is 14.7. The number of benzene rings is 1. The summed E-state index contributed by atoms with van der Waals surface area (Å²) in [5.41, 5.74) is 9.06. The first-order valence-electron chi connectivity index (χ1n) is 5.92. The first-order chi connectivity index (χ1) is 7.85. The molecule has 0 aliphatic heterocycles. The van der Waals surface area contributed by atoms with Crippen LogP contribution >= 0.6 is 0 Å². The molecule has 1 heterocycles. The Labute approximate surface area is 96.5 Å². The molecular weight excluding hydrogens is 196 g/mol. The molecule has 84 valence electrons. The lowest BCUT2D eigenvalue weighted by Gasteiger charge is -2.06. The van der Waals surface area contributed by atoms with E-state index in [0.717, 1.165) is 17.6 Å². The fourth-order valence-electron chi connectivity index (χ4n) is 1.93. The average molecular weight is 214 g/mol. The van der Waals surface area contributed by atoms with Crippen LogP contribution < -0.4 is 5.73 Å². The quantitative estimate of drug-likeness (QED) is 0.849. The van der Waals surface area contributed by atoms with Crippen LogP contribution in [0.25, 0.3) is 10.9 Å². The van der Waals surface area contributed by atoms with Crippen molar-refractivity contribution in [1.29, 1.82) is 0 Å². The van der Waals surface area contributed by atoms with E-state index in [4.69, 9.17) is 5.73 Å². The van der Waals surface area contributed by atoms with Gasteiger partial charge in [0.15, 0.2) is 0 Å². The highest BCUT2D eigenvalue weighted by Crippen LogP contribution is 2.19. The van der Waals surface area contributed by atoms with Crippen LogP contribution in [0.1, 0.15) is 31.0 Å². The van der Waals surface area contributed by atoms with Gasteiger partial charge in [0.2, 0.25) is 0 Å². The molecule has 0 bridgehead atoms. The molecule has 0 spiro atoms. The van der Waals surface area contributed by atoms with E-state index >= 15 is 0 Å². The van der Waals surface area contributed by atoms with Crippen LogP contribution in [0.4, 0.5) is 0 Å². The van der Waals surface area contributed by atoms with Crippen LogP contribution in [-0.4, -0.2) is 4.98 Å². The number of para-hydroxylation sites is 1. The van der Waals surface area contributed by atoms with Gasteiger partial charge in [-0.25, -0.2) is 0 Å². The Morgan fingerprint density at radius 3 is 2.81 bits per heavy atom. The van der Waals surface area contributed by atoms with Crippen molar-refractivity contribution >= 4 is 10.9 Å². The predicted molar refractivity (Wildman–Crippen MR) is 68.2 cm³/mol. The van der Waals surface area contributed by atoms with Gasteiger partial charge in [-0.1, -0.05) is 37.6 Å². The average Bonchev–Trinajstić information content (AvgIpc) is 2.35. The Morgan fingerprint density at radius 2 is 2.06 bits per heavy atom. The molecule has 0 aliphatic carbocycles. The van der Waals surface area contributed by atoms with Crippen LogP contribution in [0.5, 0.6) is 0 Å². The first-order valence-corrected chi connectivity index (χ1v) is 5.92. The number of hydrogen-bond donors (Lipinski definition) is 1. The van der Waals surface area contributed by atoms with Crippen LogP contribution in [0, 0.1) is 0 Å². The third-order valence-electron chi connectivity index (χ3n) is 2.87. The van der Waals surface area contributed by atoms with E-state index in [9.17, 15) is 0 Å². The maximum atomic E-state index is 5.63. The third kappa shape index (κ3) is 2.22. The number of pyridine rings is 1. The van der Waals surface area contributed by atoms with E-state index in [1.165, 1.54) is 23.8 Å². The van der Waals surface area contributed by atoms with Gasteiger partial charge in [-0.3, -0.25) is 4.98 Å². The van der Waals surface area contributed by atoms with Gasteiger partial charge in [0.05, 0.1) is 11.2 Å². The van der Waals surface area contributed by atoms with E-state index in [-0.39, 0.29) is 0 Å². The Kier molecular flexibility index (Phi) is 3.52. The molecule has 0 aliphatic rings. The molecule has 0 radical (unpaired) electrons. The van der Waals surface area contributed by atoms with Crippen molar-refractivity contribution in [3.05, 3.63) is 41.6 Å². The number of aryl methyl sites for hydroxylation is 1. The fraction of sp³-hybridized carbons (Fsp3) is 0.357. The number of nitrogens with zero attached hydrogens (tertiary/aromatic N) is 1. The van der Waals surface area contributed by atoms with Crippen molar-refractivity contribution in [2.24, 2.45) is 5.73 Å². The van der Waals surface area contributed by atoms with E-state index in [1.807, 2.05) is 6.07 Å². The fourth-order valence-corrected chi connectivity index (χ4v) is 1.93. The van der Waals surface area contributed by atoms with Crippen molar-refractivity contribution < 1.29 is 0 Å². The maximum Gasteiger partial charge on any atom is 0.0737 e. The van der Waals surface area contributed by atoms with E-state index in [1.54, 1.807) is 0 Å². The molecule has 0 saturated heterocycles. The number of rotatable bonds is 4. The molecule has 2 rings (SSSR count). The van der Waals surface area contributed by atoms with Crippen LogP contribution in [0.3, 0.4) is 0 Å². The van der Waals surface area contributed by atoms with Gasteiger partial charge in [0.25, 0.3) is 0 Å². The second kappa shape index (κ2) is 5.08. The monoisotopic (exact) mass is 214 g/mol. The Bertz CT molecular complexity index is 477. The molecule has 0 atom stereocenters. The molecule has 0 amide bonds. The molecule has 2 N–H and O–H groups in total. The zero-order valence-electron chi connectivity index (χ0n) is 9.74. The van der Waals surface area contributed by atoms with Gasteiger partial charge < -0.3 is 5.73 Å². The lowest BCUT2D eigenvalue weighted by atomic mass is 10.0. The minimum atomic E-state index is 0.512. The Hall–Kier alpha value is -1.41. The standard InChI is InChI=1S/C14H18N2/c1-2-3-5-11-6-4-7-12-8-9-13(10-15)16-14(11)12/h4,6-9H,2-3,5,10,15H2,1H3. The summed E-state index contributed by atoms with van der Waals surface area (Å²) in [6.07, 6.45) is 3.54. The first kappa shape index (κ1) is 11.1. The molecule has 1 aromatic heterocycles. The molecule has 0 saturated carbocycles.